The number of hydrogen-bond acceptors (Lipinski definition) is 6. The minimum atomic E-state index is -1.27. The minimum absolute atomic E-state index is 0.456. The molecule has 0 aromatic rings. The molecule has 0 saturated heterocycles. The maximum atomic E-state index is 10.7. The standard InChI is InChI=1S/C6H12N2O5/c7-3(1-9)6(12)13-2-4(8)5(10)11/h3-4,9H,1-2,7-8H2,(H,10,11)/t3-,4+/m1/s1. The zero-order valence-electron chi connectivity index (χ0n) is 6.84. The van der Waals surface area contributed by atoms with Crippen LogP contribution in [0.2, 0.25) is 0 Å². The first-order chi connectivity index (χ1) is 5.99. The van der Waals surface area contributed by atoms with E-state index >= 15 is 0 Å². The van der Waals surface area contributed by atoms with Crippen molar-refractivity contribution < 1.29 is 24.5 Å². The molecule has 7 nitrogen and oxygen atoms in total. The molecule has 2 atom stereocenters. The molecule has 0 aliphatic rings. The van der Waals surface area contributed by atoms with Gasteiger partial charge >= 0.3 is 11.9 Å². The maximum Gasteiger partial charge on any atom is 0.325 e. The van der Waals surface area contributed by atoms with Crippen LogP contribution >= 0.6 is 0 Å². The third-order valence-electron chi connectivity index (χ3n) is 1.22. The van der Waals surface area contributed by atoms with Crippen molar-refractivity contribution in [1.82, 2.24) is 0 Å². The SMILES string of the molecule is N[C@H](CO)C(=O)OC[C@H](N)C(=O)O. The van der Waals surface area contributed by atoms with Crippen molar-refractivity contribution in [1.29, 1.82) is 0 Å². The normalized spacial score (nSPS) is 14.7. The summed E-state index contributed by atoms with van der Waals surface area (Å²) in [7, 11) is 0. The monoisotopic (exact) mass is 192 g/mol. The average molecular weight is 192 g/mol. The lowest BCUT2D eigenvalue weighted by molar-refractivity contribution is -0.149. The Labute approximate surface area is 74.3 Å². The molecule has 0 aromatic heterocycles. The molecule has 0 aromatic carbocycles. The molecule has 0 rings (SSSR count). The van der Waals surface area contributed by atoms with Crippen molar-refractivity contribution in [2.24, 2.45) is 11.5 Å². The Morgan fingerprint density at radius 3 is 2.23 bits per heavy atom. The van der Waals surface area contributed by atoms with Crippen LogP contribution in [-0.4, -0.2) is 47.4 Å². The average Bonchev–Trinajstić information content (AvgIpc) is 2.11. The van der Waals surface area contributed by atoms with E-state index in [1.54, 1.807) is 0 Å². The third kappa shape index (κ3) is 4.41. The molecule has 0 heterocycles. The number of aliphatic hydroxyl groups is 1. The van der Waals surface area contributed by atoms with Crippen molar-refractivity contribution in [3.63, 3.8) is 0 Å². The van der Waals surface area contributed by atoms with E-state index in [2.05, 4.69) is 4.74 Å². The smallest absolute Gasteiger partial charge is 0.325 e. The molecule has 0 bridgehead atoms. The number of ether oxygens (including phenoxy) is 1. The van der Waals surface area contributed by atoms with Crippen LogP contribution in [0.1, 0.15) is 0 Å². The Morgan fingerprint density at radius 2 is 1.85 bits per heavy atom. The quantitative estimate of drug-likeness (QED) is 0.347. The van der Waals surface area contributed by atoms with E-state index in [1.165, 1.54) is 0 Å². The number of esters is 1. The molecule has 0 spiro atoms. The fourth-order valence-electron chi connectivity index (χ4n) is 0.425. The van der Waals surface area contributed by atoms with Gasteiger partial charge in [0, 0.05) is 0 Å². The number of hydrogen-bond donors (Lipinski definition) is 4. The van der Waals surface area contributed by atoms with E-state index < -0.39 is 37.2 Å². The Kier molecular flexibility index (Phi) is 4.97. The summed E-state index contributed by atoms with van der Waals surface area (Å²) in [5, 5.41) is 16.7. The lowest BCUT2D eigenvalue weighted by Gasteiger charge is -2.10. The molecule has 76 valence electrons. The van der Waals surface area contributed by atoms with Gasteiger partial charge in [0.15, 0.2) is 0 Å². The van der Waals surface area contributed by atoms with Gasteiger partial charge in [-0.15, -0.1) is 0 Å². The molecule has 13 heavy (non-hydrogen) atoms. The molecule has 0 aliphatic heterocycles. The summed E-state index contributed by atoms with van der Waals surface area (Å²) in [4.78, 5) is 20.9. The van der Waals surface area contributed by atoms with Crippen LogP contribution < -0.4 is 11.5 Å². The molecule has 6 N–H and O–H groups in total. The number of nitrogens with two attached hydrogens (primary N) is 2. The van der Waals surface area contributed by atoms with Gasteiger partial charge in [-0.05, 0) is 0 Å². The van der Waals surface area contributed by atoms with Gasteiger partial charge in [0.1, 0.15) is 18.7 Å². The fraction of sp³-hybridized carbons (Fsp3) is 0.667. The number of carbonyl (C=O) groups is 2. The number of carboxylic acids is 1. The number of aliphatic hydroxyl groups excluding tert-OH is 1. The van der Waals surface area contributed by atoms with Gasteiger partial charge in [-0.2, -0.15) is 0 Å². The van der Waals surface area contributed by atoms with E-state index in [0.29, 0.717) is 0 Å². The fourth-order valence-corrected chi connectivity index (χ4v) is 0.425. The summed E-state index contributed by atoms with van der Waals surface area (Å²) in [6.45, 7) is -1.01. The first-order valence-corrected chi connectivity index (χ1v) is 3.50. The van der Waals surface area contributed by atoms with Crippen molar-refractivity contribution in [2.75, 3.05) is 13.2 Å². The molecule has 0 unspecified atom stereocenters. The van der Waals surface area contributed by atoms with Gasteiger partial charge in [0.2, 0.25) is 0 Å². The third-order valence-corrected chi connectivity index (χ3v) is 1.22. The zero-order valence-corrected chi connectivity index (χ0v) is 6.84. The molecule has 0 amide bonds. The molecule has 0 aliphatic carbocycles. The highest BCUT2D eigenvalue weighted by atomic mass is 16.5. The predicted molar refractivity (Wildman–Crippen MR) is 41.6 cm³/mol. The van der Waals surface area contributed by atoms with Crippen LogP contribution in [0.5, 0.6) is 0 Å². The van der Waals surface area contributed by atoms with Gasteiger partial charge < -0.3 is 26.4 Å². The van der Waals surface area contributed by atoms with Gasteiger partial charge in [-0.25, -0.2) is 0 Å². The lowest BCUT2D eigenvalue weighted by Crippen LogP contribution is -2.40. The van der Waals surface area contributed by atoms with Crippen LogP contribution in [0, 0.1) is 0 Å². The van der Waals surface area contributed by atoms with Crippen LogP contribution in [0.4, 0.5) is 0 Å². The largest absolute Gasteiger partial charge is 0.480 e. The topological polar surface area (TPSA) is 136 Å². The van der Waals surface area contributed by atoms with Crippen LogP contribution in [0.25, 0.3) is 0 Å². The van der Waals surface area contributed by atoms with E-state index in [0.717, 1.165) is 0 Å². The zero-order chi connectivity index (χ0) is 10.4. The second-order valence-electron chi connectivity index (χ2n) is 2.36. The van der Waals surface area contributed by atoms with E-state index in [4.69, 9.17) is 21.7 Å². The number of aliphatic carboxylic acids is 1. The summed E-state index contributed by atoms with van der Waals surface area (Å²) in [5.41, 5.74) is 10.1. The van der Waals surface area contributed by atoms with Crippen LogP contribution in [0.3, 0.4) is 0 Å². The van der Waals surface area contributed by atoms with Crippen molar-refractivity contribution in [2.45, 2.75) is 12.1 Å². The summed E-state index contributed by atoms with van der Waals surface area (Å²) < 4.78 is 4.39. The van der Waals surface area contributed by atoms with E-state index in [-0.39, 0.29) is 0 Å². The summed E-state index contributed by atoms with van der Waals surface area (Å²) in [6, 6.07) is -2.42. The first-order valence-electron chi connectivity index (χ1n) is 3.50. The number of carbonyl (C=O) groups excluding carboxylic acids is 1. The Bertz CT molecular complexity index is 195. The van der Waals surface area contributed by atoms with E-state index in [9.17, 15) is 9.59 Å². The summed E-state index contributed by atoms with van der Waals surface area (Å²) in [5.74, 6) is -2.15. The molecule has 7 heteroatoms. The van der Waals surface area contributed by atoms with Crippen LogP contribution in [-0.2, 0) is 14.3 Å². The Balaban J connectivity index is 3.76. The maximum absolute atomic E-state index is 10.7. The van der Waals surface area contributed by atoms with Gasteiger partial charge in [0.05, 0.1) is 6.61 Å². The minimum Gasteiger partial charge on any atom is -0.480 e. The molecule has 0 saturated carbocycles. The summed E-state index contributed by atoms with van der Waals surface area (Å²) in [6.07, 6.45) is 0. The lowest BCUT2D eigenvalue weighted by atomic mass is 10.3. The first kappa shape index (κ1) is 11.8. The Morgan fingerprint density at radius 1 is 1.31 bits per heavy atom. The highest BCUT2D eigenvalue weighted by Gasteiger charge is 2.18. The Hall–Kier alpha value is -1.18. The molecular formula is C6H12N2O5. The number of rotatable bonds is 5. The summed E-state index contributed by atoms with van der Waals surface area (Å²) >= 11 is 0. The molecule has 0 fully saturated rings. The van der Waals surface area contributed by atoms with Gasteiger partial charge in [0.25, 0.3) is 0 Å². The molecular weight excluding hydrogens is 180 g/mol. The second-order valence-corrected chi connectivity index (χ2v) is 2.36. The van der Waals surface area contributed by atoms with Gasteiger partial charge in [-0.1, -0.05) is 0 Å². The van der Waals surface area contributed by atoms with Crippen LogP contribution in [0.15, 0.2) is 0 Å². The highest BCUT2D eigenvalue weighted by Crippen LogP contribution is 1.87. The van der Waals surface area contributed by atoms with Crippen molar-refractivity contribution >= 4 is 11.9 Å². The van der Waals surface area contributed by atoms with Crippen molar-refractivity contribution in [3.05, 3.63) is 0 Å². The second kappa shape index (κ2) is 5.46. The van der Waals surface area contributed by atoms with E-state index in [1.807, 2.05) is 0 Å². The molecule has 0 radical (unpaired) electrons. The van der Waals surface area contributed by atoms with Gasteiger partial charge in [-0.3, -0.25) is 9.59 Å². The predicted octanol–water partition coefficient (Wildman–Crippen LogP) is -2.74. The highest BCUT2D eigenvalue weighted by molar-refractivity contribution is 5.77. The number of carboxylic acid groups (broad SMARTS) is 1. The van der Waals surface area contributed by atoms with Crippen molar-refractivity contribution in [3.8, 4) is 0 Å².